The number of alkyl halides is 3. The minimum Gasteiger partial charge on any atom is -0.481 e. The van der Waals surface area contributed by atoms with Gasteiger partial charge in [-0.1, -0.05) is 0 Å². The van der Waals surface area contributed by atoms with E-state index < -0.39 is 18.1 Å². The van der Waals surface area contributed by atoms with Gasteiger partial charge in [0.2, 0.25) is 0 Å². The third-order valence-electron chi connectivity index (χ3n) is 2.77. The lowest BCUT2D eigenvalue weighted by Crippen LogP contribution is -2.52. The molecule has 0 radical (unpaired) electrons. The molecule has 1 heterocycles. The molecule has 1 aliphatic heterocycles. The highest BCUT2D eigenvalue weighted by atomic mass is 19.4. The molecule has 0 aromatic rings. The van der Waals surface area contributed by atoms with Crippen LogP contribution in [0.3, 0.4) is 0 Å². The van der Waals surface area contributed by atoms with Crippen molar-refractivity contribution >= 4 is 11.9 Å². The van der Waals surface area contributed by atoms with Gasteiger partial charge in [0.25, 0.3) is 0 Å². The first-order valence-electron chi connectivity index (χ1n) is 5.61. The molecule has 1 rings (SSSR count). The number of nitrogens with zero attached hydrogens (tertiary/aromatic N) is 2. The fourth-order valence-corrected chi connectivity index (χ4v) is 1.81. The second-order valence-electron chi connectivity index (χ2n) is 4.13. The molecule has 1 N–H and O–H groups in total. The van der Waals surface area contributed by atoms with Crippen LogP contribution in [-0.2, 0) is 9.59 Å². The van der Waals surface area contributed by atoms with Crippen LogP contribution in [-0.4, -0.2) is 65.7 Å². The lowest BCUT2D eigenvalue weighted by atomic mass is 10.2. The smallest absolute Gasteiger partial charge is 0.471 e. The van der Waals surface area contributed by atoms with Crippen molar-refractivity contribution in [2.75, 3.05) is 32.7 Å². The Hall–Kier alpha value is -1.31. The van der Waals surface area contributed by atoms with Gasteiger partial charge < -0.3 is 10.0 Å². The Morgan fingerprint density at radius 3 is 2.11 bits per heavy atom. The van der Waals surface area contributed by atoms with Crippen molar-refractivity contribution in [2.45, 2.75) is 19.0 Å². The molecule has 0 unspecified atom stereocenters. The SMILES string of the molecule is O=C(O)CCCN1CCN(C(=O)C(F)(F)F)CC1. The second kappa shape index (κ2) is 6.03. The number of carboxylic acids is 1. The molecule has 0 atom stereocenters. The minimum atomic E-state index is -4.81. The van der Waals surface area contributed by atoms with Gasteiger partial charge in [0.15, 0.2) is 0 Å². The van der Waals surface area contributed by atoms with Crippen LogP contribution in [0, 0.1) is 0 Å². The molecular weight excluding hydrogens is 253 g/mol. The molecule has 0 aromatic heterocycles. The number of rotatable bonds is 4. The van der Waals surface area contributed by atoms with Crippen molar-refractivity contribution in [1.29, 1.82) is 0 Å². The molecule has 1 amide bonds. The monoisotopic (exact) mass is 268 g/mol. The van der Waals surface area contributed by atoms with Crippen LogP contribution < -0.4 is 0 Å². The average Bonchev–Trinajstić information content (AvgIpc) is 2.27. The van der Waals surface area contributed by atoms with Crippen molar-refractivity contribution in [1.82, 2.24) is 9.80 Å². The van der Waals surface area contributed by atoms with Gasteiger partial charge in [0, 0.05) is 32.6 Å². The standard InChI is InChI=1S/C10H15F3N2O3/c11-10(12,13)9(18)15-6-4-14(5-7-15)3-1-2-8(16)17/h1-7H2,(H,16,17). The molecule has 8 heteroatoms. The fraction of sp³-hybridized carbons (Fsp3) is 0.800. The van der Waals surface area contributed by atoms with E-state index in [4.69, 9.17) is 5.11 Å². The zero-order valence-corrected chi connectivity index (χ0v) is 9.74. The highest BCUT2D eigenvalue weighted by Gasteiger charge is 2.43. The molecule has 104 valence electrons. The Kier molecular flexibility index (Phi) is 4.94. The van der Waals surface area contributed by atoms with Crippen molar-refractivity contribution in [3.63, 3.8) is 0 Å². The van der Waals surface area contributed by atoms with Crippen LogP contribution in [0.1, 0.15) is 12.8 Å². The lowest BCUT2D eigenvalue weighted by molar-refractivity contribution is -0.187. The van der Waals surface area contributed by atoms with Gasteiger partial charge in [-0.15, -0.1) is 0 Å². The largest absolute Gasteiger partial charge is 0.481 e. The van der Waals surface area contributed by atoms with E-state index in [9.17, 15) is 22.8 Å². The number of amides is 1. The Balaban J connectivity index is 2.28. The van der Waals surface area contributed by atoms with Crippen LogP contribution in [0.25, 0.3) is 0 Å². The topological polar surface area (TPSA) is 60.9 Å². The number of piperazine rings is 1. The van der Waals surface area contributed by atoms with Gasteiger partial charge >= 0.3 is 18.1 Å². The third kappa shape index (κ3) is 4.52. The molecule has 1 aliphatic rings. The second-order valence-corrected chi connectivity index (χ2v) is 4.13. The van der Waals surface area contributed by atoms with E-state index in [1.54, 1.807) is 0 Å². The van der Waals surface area contributed by atoms with E-state index in [2.05, 4.69) is 0 Å². The summed E-state index contributed by atoms with van der Waals surface area (Å²) >= 11 is 0. The fourth-order valence-electron chi connectivity index (χ4n) is 1.81. The molecule has 1 fully saturated rings. The first-order valence-corrected chi connectivity index (χ1v) is 5.61. The van der Waals surface area contributed by atoms with Gasteiger partial charge in [-0.2, -0.15) is 13.2 Å². The van der Waals surface area contributed by atoms with Crippen LogP contribution in [0.5, 0.6) is 0 Å². The Morgan fingerprint density at radius 1 is 1.11 bits per heavy atom. The number of carbonyl (C=O) groups excluding carboxylic acids is 1. The summed E-state index contributed by atoms with van der Waals surface area (Å²) < 4.78 is 36.5. The zero-order valence-electron chi connectivity index (χ0n) is 9.74. The van der Waals surface area contributed by atoms with Gasteiger partial charge in [-0.25, -0.2) is 0 Å². The number of hydrogen-bond acceptors (Lipinski definition) is 3. The number of halogens is 3. The van der Waals surface area contributed by atoms with Crippen LogP contribution >= 0.6 is 0 Å². The molecule has 5 nitrogen and oxygen atoms in total. The zero-order chi connectivity index (χ0) is 13.8. The van der Waals surface area contributed by atoms with Gasteiger partial charge in [0.05, 0.1) is 0 Å². The summed E-state index contributed by atoms with van der Waals surface area (Å²) in [4.78, 5) is 23.9. The van der Waals surface area contributed by atoms with Crippen molar-refractivity contribution < 1.29 is 27.9 Å². The van der Waals surface area contributed by atoms with Crippen molar-refractivity contribution in [3.8, 4) is 0 Å². The van der Waals surface area contributed by atoms with Gasteiger partial charge in [-0.3, -0.25) is 14.5 Å². The van der Waals surface area contributed by atoms with E-state index in [1.807, 2.05) is 4.90 Å². The number of aliphatic carboxylic acids is 1. The predicted octanol–water partition coefficient (Wildman–Crippen LogP) is 0.558. The number of carbonyl (C=O) groups is 2. The average molecular weight is 268 g/mol. The lowest BCUT2D eigenvalue weighted by Gasteiger charge is -2.34. The summed E-state index contributed by atoms with van der Waals surface area (Å²) in [6.07, 6.45) is -4.31. The highest BCUT2D eigenvalue weighted by molar-refractivity contribution is 5.81. The van der Waals surface area contributed by atoms with E-state index in [1.165, 1.54) is 0 Å². The molecule has 0 spiro atoms. The van der Waals surface area contributed by atoms with E-state index in [0.29, 0.717) is 26.1 Å². The summed E-state index contributed by atoms with van der Waals surface area (Å²) in [5, 5.41) is 8.45. The van der Waals surface area contributed by atoms with Crippen molar-refractivity contribution in [3.05, 3.63) is 0 Å². The summed E-state index contributed by atoms with van der Waals surface area (Å²) in [5.41, 5.74) is 0. The normalized spacial score (nSPS) is 17.8. The molecule has 0 aliphatic carbocycles. The molecular formula is C10H15F3N2O3. The van der Waals surface area contributed by atoms with Crippen LogP contribution in [0.2, 0.25) is 0 Å². The van der Waals surface area contributed by atoms with E-state index in [0.717, 1.165) is 4.90 Å². The number of hydrogen-bond donors (Lipinski definition) is 1. The van der Waals surface area contributed by atoms with Crippen molar-refractivity contribution in [2.24, 2.45) is 0 Å². The number of carboxylic acid groups (broad SMARTS) is 1. The van der Waals surface area contributed by atoms with E-state index >= 15 is 0 Å². The quantitative estimate of drug-likeness (QED) is 0.809. The van der Waals surface area contributed by atoms with E-state index in [-0.39, 0.29) is 19.5 Å². The Morgan fingerprint density at radius 2 is 1.67 bits per heavy atom. The van der Waals surface area contributed by atoms with Gasteiger partial charge in [0.1, 0.15) is 0 Å². The Labute approximate surface area is 102 Å². The maximum Gasteiger partial charge on any atom is 0.471 e. The van der Waals surface area contributed by atoms with Crippen LogP contribution in [0.4, 0.5) is 13.2 Å². The van der Waals surface area contributed by atoms with Gasteiger partial charge in [-0.05, 0) is 13.0 Å². The maximum absolute atomic E-state index is 12.2. The summed E-state index contributed by atoms with van der Waals surface area (Å²) in [5.74, 6) is -2.69. The summed E-state index contributed by atoms with van der Waals surface area (Å²) in [6, 6.07) is 0. The Bertz CT molecular complexity index is 312. The summed E-state index contributed by atoms with van der Waals surface area (Å²) in [6.45, 7) is 1.29. The maximum atomic E-state index is 12.2. The minimum absolute atomic E-state index is 0.0331. The first kappa shape index (κ1) is 14.7. The third-order valence-corrected chi connectivity index (χ3v) is 2.77. The molecule has 0 bridgehead atoms. The molecule has 1 saturated heterocycles. The molecule has 18 heavy (non-hydrogen) atoms. The predicted molar refractivity (Wildman–Crippen MR) is 55.9 cm³/mol. The molecule has 0 saturated carbocycles. The highest BCUT2D eigenvalue weighted by Crippen LogP contribution is 2.19. The van der Waals surface area contributed by atoms with Crippen LogP contribution in [0.15, 0.2) is 0 Å². The first-order chi connectivity index (χ1) is 8.30. The molecule has 0 aromatic carbocycles. The summed E-state index contributed by atoms with van der Waals surface area (Å²) in [7, 11) is 0.